The number of aromatic hydroxyl groups is 1. The van der Waals surface area contributed by atoms with Crippen molar-refractivity contribution in [3.63, 3.8) is 0 Å². The first kappa shape index (κ1) is 12.4. The molecule has 94 valence electrons. The molecule has 1 aromatic heterocycles. The third kappa shape index (κ3) is 3.70. The van der Waals surface area contributed by atoms with Gasteiger partial charge in [0.05, 0.1) is 11.9 Å². The van der Waals surface area contributed by atoms with Crippen LogP contribution in [0.5, 0.6) is 5.75 Å². The first-order valence-corrected chi connectivity index (χ1v) is 6.41. The molecule has 2 rings (SSSR count). The van der Waals surface area contributed by atoms with E-state index in [0.717, 1.165) is 25.3 Å². The fourth-order valence-corrected chi connectivity index (χ4v) is 2.38. The van der Waals surface area contributed by atoms with Crippen molar-refractivity contribution in [1.82, 2.24) is 9.88 Å². The lowest BCUT2D eigenvalue weighted by atomic mass is 9.85. The number of likely N-dealkylation sites (tertiary alicyclic amines) is 1. The average Bonchev–Trinajstić information content (AvgIpc) is 2.44. The van der Waals surface area contributed by atoms with E-state index in [1.165, 1.54) is 25.5 Å². The zero-order valence-electron chi connectivity index (χ0n) is 10.8. The van der Waals surface area contributed by atoms with Gasteiger partial charge in [-0.3, -0.25) is 9.88 Å². The molecule has 3 heteroatoms. The molecule has 0 radical (unpaired) electrons. The summed E-state index contributed by atoms with van der Waals surface area (Å²) in [6.45, 7) is 7.92. The fraction of sp³-hybridized carbons (Fsp3) is 0.643. The van der Waals surface area contributed by atoms with E-state index in [4.69, 9.17) is 0 Å². The molecule has 0 saturated carbocycles. The van der Waals surface area contributed by atoms with Crippen LogP contribution in [0, 0.1) is 5.41 Å². The second kappa shape index (κ2) is 5.05. The van der Waals surface area contributed by atoms with E-state index < -0.39 is 0 Å². The molecular formula is C14H22N2O. The van der Waals surface area contributed by atoms with Crippen molar-refractivity contribution < 1.29 is 5.11 Å². The Morgan fingerprint density at radius 3 is 2.82 bits per heavy atom. The van der Waals surface area contributed by atoms with E-state index in [1.807, 2.05) is 6.07 Å². The fourth-order valence-electron chi connectivity index (χ4n) is 2.38. The van der Waals surface area contributed by atoms with Crippen LogP contribution in [0.3, 0.4) is 0 Å². The number of nitrogens with zero attached hydrogens (tertiary/aromatic N) is 2. The van der Waals surface area contributed by atoms with Crippen LogP contribution in [0.1, 0.15) is 38.8 Å². The quantitative estimate of drug-likeness (QED) is 0.854. The van der Waals surface area contributed by atoms with Crippen molar-refractivity contribution in [3.05, 3.63) is 24.0 Å². The summed E-state index contributed by atoms with van der Waals surface area (Å²) in [6.07, 6.45) is 5.36. The molecule has 1 saturated heterocycles. The number of aromatic nitrogens is 1. The molecule has 1 aliphatic rings. The van der Waals surface area contributed by atoms with Crippen LogP contribution in [0.4, 0.5) is 0 Å². The van der Waals surface area contributed by atoms with Gasteiger partial charge in [0.1, 0.15) is 5.75 Å². The van der Waals surface area contributed by atoms with Crippen molar-refractivity contribution in [2.75, 3.05) is 13.1 Å². The van der Waals surface area contributed by atoms with E-state index in [1.54, 1.807) is 6.07 Å². The maximum atomic E-state index is 9.20. The summed E-state index contributed by atoms with van der Waals surface area (Å²) in [5.74, 6) is 0.241. The minimum atomic E-state index is 0.241. The highest BCUT2D eigenvalue weighted by Crippen LogP contribution is 2.30. The minimum absolute atomic E-state index is 0.241. The van der Waals surface area contributed by atoms with Gasteiger partial charge < -0.3 is 5.11 Å². The molecule has 17 heavy (non-hydrogen) atoms. The highest BCUT2D eigenvalue weighted by Gasteiger charge is 2.22. The van der Waals surface area contributed by atoms with Crippen LogP contribution in [0.15, 0.2) is 18.3 Å². The molecule has 0 spiro atoms. The number of pyridine rings is 1. The molecule has 0 aliphatic carbocycles. The lowest BCUT2D eigenvalue weighted by Gasteiger charge is -2.23. The molecule has 0 unspecified atom stereocenters. The monoisotopic (exact) mass is 234 g/mol. The minimum Gasteiger partial charge on any atom is -0.506 e. The maximum Gasteiger partial charge on any atom is 0.133 e. The van der Waals surface area contributed by atoms with Crippen LogP contribution in [-0.4, -0.2) is 28.1 Å². The van der Waals surface area contributed by atoms with Gasteiger partial charge >= 0.3 is 0 Å². The molecule has 2 heterocycles. The Hall–Kier alpha value is -1.09. The van der Waals surface area contributed by atoms with Crippen LogP contribution in [0.2, 0.25) is 0 Å². The molecule has 0 atom stereocenters. The molecule has 3 nitrogen and oxygen atoms in total. The van der Waals surface area contributed by atoms with Gasteiger partial charge in [-0.1, -0.05) is 13.8 Å². The van der Waals surface area contributed by atoms with E-state index >= 15 is 0 Å². The summed E-state index contributed by atoms with van der Waals surface area (Å²) in [6, 6.07) is 3.62. The molecule has 0 bridgehead atoms. The van der Waals surface area contributed by atoms with Crippen molar-refractivity contribution >= 4 is 0 Å². The van der Waals surface area contributed by atoms with Crippen molar-refractivity contribution in [3.8, 4) is 5.75 Å². The number of rotatable bonds is 2. The van der Waals surface area contributed by atoms with Gasteiger partial charge in [-0.2, -0.15) is 0 Å². The predicted molar refractivity (Wildman–Crippen MR) is 68.8 cm³/mol. The zero-order chi connectivity index (χ0) is 12.3. The Bertz CT molecular complexity index is 359. The van der Waals surface area contributed by atoms with Crippen LogP contribution >= 0.6 is 0 Å². The third-order valence-corrected chi connectivity index (χ3v) is 3.63. The smallest absolute Gasteiger partial charge is 0.133 e. The van der Waals surface area contributed by atoms with Gasteiger partial charge in [0, 0.05) is 6.54 Å². The van der Waals surface area contributed by atoms with Crippen molar-refractivity contribution in [2.45, 2.75) is 39.7 Å². The summed E-state index contributed by atoms with van der Waals surface area (Å²) < 4.78 is 0. The predicted octanol–water partition coefficient (Wildman–Crippen LogP) is 2.80. The van der Waals surface area contributed by atoms with E-state index in [2.05, 4.69) is 23.7 Å². The summed E-state index contributed by atoms with van der Waals surface area (Å²) in [5, 5.41) is 9.20. The number of hydrogen-bond acceptors (Lipinski definition) is 3. The SMILES string of the molecule is CC1(C)CCCN(Cc2ccc(O)cn2)CC1. The van der Waals surface area contributed by atoms with Gasteiger partial charge in [0.2, 0.25) is 0 Å². The Balaban J connectivity index is 1.93. The number of hydrogen-bond donors (Lipinski definition) is 1. The van der Waals surface area contributed by atoms with E-state index in [-0.39, 0.29) is 5.75 Å². The lowest BCUT2D eigenvalue weighted by molar-refractivity contribution is 0.253. The van der Waals surface area contributed by atoms with Gasteiger partial charge in [0.15, 0.2) is 0 Å². The van der Waals surface area contributed by atoms with Gasteiger partial charge in [-0.25, -0.2) is 0 Å². The molecule has 0 aromatic carbocycles. The molecule has 0 amide bonds. The molecule has 1 aliphatic heterocycles. The zero-order valence-corrected chi connectivity index (χ0v) is 10.8. The van der Waals surface area contributed by atoms with E-state index in [0.29, 0.717) is 5.41 Å². The molecule has 1 N–H and O–H groups in total. The topological polar surface area (TPSA) is 36.4 Å². The van der Waals surface area contributed by atoms with Crippen molar-refractivity contribution in [2.24, 2.45) is 5.41 Å². The lowest BCUT2D eigenvalue weighted by Crippen LogP contribution is -2.25. The first-order chi connectivity index (χ1) is 8.05. The summed E-state index contributed by atoms with van der Waals surface area (Å²) in [5.41, 5.74) is 1.53. The van der Waals surface area contributed by atoms with E-state index in [9.17, 15) is 5.11 Å². The second-order valence-corrected chi connectivity index (χ2v) is 5.80. The highest BCUT2D eigenvalue weighted by molar-refractivity contribution is 5.17. The molecule has 1 fully saturated rings. The normalized spacial score (nSPS) is 21.1. The first-order valence-electron chi connectivity index (χ1n) is 6.41. The summed E-state index contributed by atoms with van der Waals surface area (Å²) in [7, 11) is 0. The maximum absolute atomic E-state index is 9.20. The van der Waals surface area contributed by atoms with Crippen molar-refractivity contribution in [1.29, 1.82) is 0 Å². The van der Waals surface area contributed by atoms with Crippen LogP contribution in [-0.2, 0) is 6.54 Å². The summed E-state index contributed by atoms with van der Waals surface area (Å²) in [4.78, 5) is 6.71. The Labute approximate surface area is 103 Å². The largest absolute Gasteiger partial charge is 0.506 e. The Morgan fingerprint density at radius 1 is 1.29 bits per heavy atom. The van der Waals surface area contributed by atoms with Gasteiger partial charge in [-0.05, 0) is 49.9 Å². The molecular weight excluding hydrogens is 212 g/mol. The highest BCUT2D eigenvalue weighted by atomic mass is 16.3. The standard InChI is InChI=1S/C14H22N2O/c1-14(2)6-3-8-16(9-7-14)11-12-4-5-13(17)10-15-12/h4-5,10,17H,3,6-9,11H2,1-2H3. The van der Waals surface area contributed by atoms with Gasteiger partial charge in [-0.15, -0.1) is 0 Å². The Morgan fingerprint density at radius 2 is 2.12 bits per heavy atom. The Kier molecular flexibility index (Phi) is 3.67. The van der Waals surface area contributed by atoms with Crippen LogP contribution < -0.4 is 0 Å². The van der Waals surface area contributed by atoms with Gasteiger partial charge in [0.25, 0.3) is 0 Å². The average molecular weight is 234 g/mol. The molecule has 1 aromatic rings. The third-order valence-electron chi connectivity index (χ3n) is 3.63. The second-order valence-electron chi connectivity index (χ2n) is 5.80. The van der Waals surface area contributed by atoms with Crippen LogP contribution in [0.25, 0.3) is 0 Å². The summed E-state index contributed by atoms with van der Waals surface area (Å²) >= 11 is 0.